The molecule has 0 amide bonds. The highest BCUT2D eigenvalue weighted by molar-refractivity contribution is 5.89. The van der Waals surface area contributed by atoms with Crippen LogP contribution >= 0.6 is 0 Å². The van der Waals surface area contributed by atoms with Crippen molar-refractivity contribution in [2.45, 2.75) is 33.6 Å². The van der Waals surface area contributed by atoms with Crippen LogP contribution in [0.15, 0.2) is 11.1 Å². The van der Waals surface area contributed by atoms with Gasteiger partial charge >= 0.3 is 5.97 Å². The molecule has 0 saturated heterocycles. The molecule has 0 saturated carbocycles. The van der Waals surface area contributed by atoms with Crippen molar-refractivity contribution in [1.29, 1.82) is 0 Å². The van der Waals surface area contributed by atoms with E-state index in [1.165, 1.54) is 7.11 Å². The number of carbonyl (C=O) groups excluding carboxylic acids is 1. The van der Waals surface area contributed by atoms with Crippen LogP contribution in [0.3, 0.4) is 0 Å². The standard InChI is InChI=1S/C9H16O2.H3N/c1-5-7(3)8(6-2)9(10)11-4;/h5-6H2,1-4H3;1H3. The highest BCUT2D eigenvalue weighted by Gasteiger charge is 2.08. The molecule has 0 aromatic carbocycles. The second-order valence-corrected chi connectivity index (χ2v) is 2.46. The number of hydrogen-bond acceptors (Lipinski definition) is 3. The van der Waals surface area contributed by atoms with E-state index >= 15 is 0 Å². The van der Waals surface area contributed by atoms with Crippen LogP contribution in [0.5, 0.6) is 0 Å². The molecule has 0 unspecified atom stereocenters. The minimum absolute atomic E-state index is 0. The number of carbonyl (C=O) groups is 1. The molecule has 0 rings (SSSR count). The molecule has 72 valence electrons. The maximum atomic E-state index is 11.1. The van der Waals surface area contributed by atoms with Gasteiger partial charge in [-0.05, 0) is 19.8 Å². The fourth-order valence-corrected chi connectivity index (χ4v) is 0.957. The first kappa shape index (κ1) is 13.7. The Kier molecular flexibility index (Phi) is 7.85. The lowest BCUT2D eigenvalue weighted by Crippen LogP contribution is -2.05. The van der Waals surface area contributed by atoms with Gasteiger partial charge in [0.2, 0.25) is 0 Å². The fourth-order valence-electron chi connectivity index (χ4n) is 0.957. The van der Waals surface area contributed by atoms with Crippen LogP contribution in [-0.4, -0.2) is 13.1 Å². The van der Waals surface area contributed by atoms with Gasteiger partial charge in [0.15, 0.2) is 0 Å². The number of methoxy groups -OCH3 is 1. The Morgan fingerprint density at radius 1 is 1.25 bits per heavy atom. The van der Waals surface area contributed by atoms with E-state index < -0.39 is 0 Å². The van der Waals surface area contributed by atoms with E-state index in [9.17, 15) is 4.79 Å². The van der Waals surface area contributed by atoms with Gasteiger partial charge < -0.3 is 10.9 Å². The van der Waals surface area contributed by atoms with Gasteiger partial charge in [0, 0.05) is 5.57 Å². The SMILES string of the molecule is CCC(C)=C(CC)C(=O)OC.N. The smallest absolute Gasteiger partial charge is 0.333 e. The van der Waals surface area contributed by atoms with Crippen LogP contribution in [0.4, 0.5) is 0 Å². The molecule has 3 heteroatoms. The molecule has 0 fully saturated rings. The van der Waals surface area contributed by atoms with E-state index in [2.05, 4.69) is 4.74 Å². The molecule has 0 aromatic rings. The first-order chi connectivity index (χ1) is 5.17. The second-order valence-electron chi connectivity index (χ2n) is 2.46. The zero-order valence-corrected chi connectivity index (χ0v) is 8.44. The number of allylic oxidation sites excluding steroid dienone is 1. The van der Waals surface area contributed by atoms with Crippen molar-refractivity contribution in [3.8, 4) is 0 Å². The molecule has 0 heterocycles. The van der Waals surface area contributed by atoms with Crippen LogP contribution in [0.1, 0.15) is 33.6 Å². The predicted octanol–water partition coefficient (Wildman–Crippen LogP) is 2.46. The Morgan fingerprint density at radius 3 is 2.00 bits per heavy atom. The van der Waals surface area contributed by atoms with Crippen molar-refractivity contribution in [2.75, 3.05) is 7.11 Å². The summed E-state index contributed by atoms with van der Waals surface area (Å²) in [4.78, 5) is 11.1. The zero-order valence-electron chi connectivity index (χ0n) is 8.44. The third-order valence-corrected chi connectivity index (χ3v) is 1.83. The Hall–Kier alpha value is -0.830. The molecule has 3 N–H and O–H groups in total. The summed E-state index contributed by atoms with van der Waals surface area (Å²) in [6.07, 6.45) is 1.67. The third-order valence-electron chi connectivity index (χ3n) is 1.83. The van der Waals surface area contributed by atoms with Crippen LogP contribution in [-0.2, 0) is 9.53 Å². The summed E-state index contributed by atoms with van der Waals surface area (Å²) in [5.74, 6) is -0.188. The monoisotopic (exact) mass is 173 g/mol. The molecule has 0 aliphatic heterocycles. The summed E-state index contributed by atoms with van der Waals surface area (Å²) in [6.45, 7) is 5.97. The molecule has 12 heavy (non-hydrogen) atoms. The Labute approximate surface area is 74.4 Å². The minimum atomic E-state index is -0.188. The zero-order chi connectivity index (χ0) is 8.85. The number of rotatable bonds is 3. The van der Waals surface area contributed by atoms with Gasteiger partial charge in [-0.3, -0.25) is 0 Å². The van der Waals surface area contributed by atoms with Crippen LogP contribution in [0, 0.1) is 0 Å². The maximum Gasteiger partial charge on any atom is 0.333 e. The molecule has 0 aliphatic carbocycles. The van der Waals surface area contributed by atoms with Crippen molar-refractivity contribution in [1.82, 2.24) is 6.15 Å². The van der Waals surface area contributed by atoms with E-state index in [1.807, 2.05) is 20.8 Å². The molecule has 0 aromatic heterocycles. The summed E-state index contributed by atoms with van der Waals surface area (Å²) in [5, 5.41) is 0. The maximum absolute atomic E-state index is 11.1. The second kappa shape index (κ2) is 6.85. The van der Waals surface area contributed by atoms with Gasteiger partial charge in [0.1, 0.15) is 0 Å². The molecule has 0 spiro atoms. The summed E-state index contributed by atoms with van der Waals surface area (Å²) in [7, 11) is 1.42. The van der Waals surface area contributed by atoms with Gasteiger partial charge in [-0.25, -0.2) is 4.79 Å². The Morgan fingerprint density at radius 2 is 1.75 bits per heavy atom. The highest BCUT2D eigenvalue weighted by Crippen LogP contribution is 2.12. The number of ether oxygens (including phenoxy) is 1. The first-order valence-corrected chi connectivity index (χ1v) is 3.94. The molecular weight excluding hydrogens is 154 g/mol. The summed E-state index contributed by atoms with van der Waals surface area (Å²) >= 11 is 0. The molecule has 0 aliphatic rings. The quantitative estimate of drug-likeness (QED) is 0.526. The van der Waals surface area contributed by atoms with E-state index in [4.69, 9.17) is 0 Å². The van der Waals surface area contributed by atoms with Crippen molar-refractivity contribution < 1.29 is 9.53 Å². The average molecular weight is 173 g/mol. The first-order valence-electron chi connectivity index (χ1n) is 3.94. The van der Waals surface area contributed by atoms with E-state index in [-0.39, 0.29) is 12.1 Å². The van der Waals surface area contributed by atoms with Gasteiger partial charge in [-0.15, -0.1) is 0 Å². The van der Waals surface area contributed by atoms with Crippen LogP contribution in [0.2, 0.25) is 0 Å². The van der Waals surface area contributed by atoms with E-state index in [0.29, 0.717) is 0 Å². The van der Waals surface area contributed by atoms with Gasteiger partial charge in [0.05, 0.1) is 7.11 Å². The van der Waals surface area contributed by atoms with E-state index in [0.717, 1.165) is 24.0 Å². The minimum Gasteiger partial charge on any atom is -0.466 e. The van der Waals surface area contributed by atoms with Crippen LogP contribution < -0.4 is 6.15 Å². The average Bonchev–Trinajstić information content (AvgIpc) is 2.05. The van der Waals surface area contributed by atoms with Gasteiger partial charge in [0.25, 0.3) is 0 Å². The Bertz CT molecular complexity index is 173. The topological polar surface area (TPSA) is 61.3 Å². The Balaban J connectivity index is 0. The highest BCUT2D eigenvalue weighted by atomic mass is 16.5. The van der Waals surface area contributed by atoms with Crippen LogP contribution in [0.25, 0.3) is 0 Å². The van der Waals surface area contributed by atoms with Crippen molar-refractivity contribution in [3.05, 3.63) is 11.1 Å². The lowest BCUT2D eigenvalue weighted by Gasteiger charge is -2.05. The third kappa shape index (κ3) is 3.53. The van der Waals surface area contributed by atoms with Gasteiger partial charge in [-0.2, -0.15) is 0 Å². The molecule has 0 radical (unpaired) electrons. The largest absolute Gasteiger partial charge is 0.466 e. The van der Waals surface area contributed by atoms with E-state index in [1.54, 1.807) is 0 Å². The summed E-state index contributed by atoms with van der Waals surface area (Å²) in [5.41, 5.74) is 1.94. The number of esters is 1. The summed E-state index contributed by atoms with van der Waals surface area (Å²) < 4.78 is 4.63. The number of hydrogen-bond donors (Lipinski definition) is 1. The molecule has 0 atom stereocenters. The fraction of sp³-hybridized carbons (Fsp3) is 0.667. The van der Waals surface area contributed by atoms with Crippen molar-refractivity contribution in [3.63, 3.8) is 0 Å². The predicted molar refractivity (Wildman–Crippen MR) is 50.3 cm³/mol. The summed E-state index contributed by atoms with van der Waals surface area (Å²) in [6, 6.07) is 0. The molecule has 0 bridgehead atoms. The lowest BCUT2D eigenvalue weighted by molar-refractivity contribution is -0.136. The normalized spacial score (nSPS) is 11.3. The molecule has 3 nitrogen and oxygen atoms in total. The van der Waals surface area contributed by atoms with Gasteiger partial charge in [-0.1, -0.05) is 19.4 Å². The molecular formula is C9H19NO2. The lowest BCUT2D eigenvalue weighted by atomic mass is 10.1. The van der Waals surface area contributed by atoms with Crippen molar-refractivity contribution in [2.24, 2.45) is 0 Å². The van der Waals surface area contributed by atoms with Crippen molar-refractivity contribution >= 4 is 5.97 Å².